The minimum absolute atomic E-state index is 0.563. The second kappa shape index (κ2) is 6.64. The molecule has 1 atom stereocenters. The molecule has 1 aliphatic rings. The summed E-state index contributed by atoms with van der Waals surface area (Å²) >= 11 is 0. The molecule has 1 fully saturated rings. The molecule has 1 saturated heterocycles. The molecule has 0 spiro atoms. The Morgan fingerprint density at radius 2 is 2.06 bits per heavy atom. The van der Waals surface area contributed by atoms with Crippen LogP contribution in [0.3, 0.4) is 0 Å². The number of nitrogens with one attached hydrogen (secondary N) is 1. The van der Waals surface area contributed by atoms with E-state index in [0.717, 1.165) is 24.5 Å². The fourth-order valence-corrected chi connectivity index (χ4v) is 2.58. The van der Waals surface area contributed by atoms with Crippen molar-refractivity contribution in [1.29, 1.82) is 0 Å². The average molecular weight is 249 g/mol. The van der Waals surface area contributed by atoms with Gasteiger partial charge in [-0.05, 0) is 49.6 Å². The Labute approximate surface area is 109 Å². The number of hydrogen-bond acceptors (Lipinski definition) is 3. The molecule has 1 aromatic rings. The standard InChI is InChI=1S/C15H23NO2/c1-17-14-7-8-15(18-2)12(11-14)10-13-6-4-3-5-9-16-13/h7-8,11,13,16H,3-6,9-10H2,1-2H3. The third kappa shape index (κ3) is 3.39. The van der Waals surface area contributed by atoms with Gasteiger partial charge in [0.15, 0.2) is 0 Å². The molecule has 1 aliphatic heterocycles. The molecular weight excluding hydrogens is 226 g/mol. The summed E-state index contributed by atoms with van der Waals surface area (Å²) in [5, 5.41) is 3.62. The predicted molar refractivity (Wildman–Crippen MR) is 73.5 cm³/mol. The van der Waals surface area contributed by atoms with Crippen molar-refractivity contribution >= 4 is 0 Å². The molecule has 1 heterocycles. The van der Waals surface area contributed by atoms with Crippen LogP contribution >= 0.6 is 0 Å². The molecule has 2 rings (SSSR count). The molecule has 3 nitrogen and oxygen atoms in total. The van der Waals surface area contributed by atoms with Gasteiger partial charge in [0.1, 0.15) is 11.5 Å². The van der Waals surface area contributed by atoms with Gasteiger partial charge in [-0.2, -0.15) is 0 Å². The van der Waals surface area contributed by atoms with E-state index in [4.69, 9.17) is 9.47 Å². The van der Waals surface area contributed by atoms with Crippen molar-refractivity contribution in [3.63, 3.8) is 0 Å². The Morgan fingerprint density at radius 3 is 2.83 bits per heavy atom. The minimum Gasteiger partial charge on any atom is -0.497 e. The molecule has 3 heteroatoms. The van der Waals surface area contributed by atoms with E-state index in [1.807, 2.05) is 12.1 Å². The monoisotopic (exact) mass is 249 g/mol. The second-order valence-electron chi connectivity index (χ2n) is 4.88. The summed E-state index contributed by atoms with van der Waals surface area (Å²) in [5.74, 6) is 1.86. The molecular formula is C15H23NO2. The van der Waals surface area contributed by atoms with Gasteiger partial charge in [0.25, 0.3) is 0 Å². The van der Waals surface area contributed by atoms with Crippen LogP contribution in [0.5, 0.6) is 11.5 Å². The Morgan fingerprint density at radius 1 is 1.17 bits per heavy atom. The van der Waals surface area contributed by atoms with Crippen LogP contribution in [0.1, 0.15) is 31.2 Å². The van der Waals surface area contributed by atoms with Crippen LogP contribution in [0, 0.1) is 0 Å². The lowest BCUT2D eigenvalue weighted by Crippen LogP contribution is -2.30. The first kappa shape index (κ1) is 13.2. The van der Waals surface area contributed by atoms with Crippen LogP contribution in [0.4, 0.5) is 0 Å². The zero-order valence-electron chi connectivity index (χ0n) is 11.4. The zero-order valence-corrected chi connectivity index (χ0v) is 11.4. The van der Waals surface area contributed by atoms with Crippen LogP contribution in [0.2, 0.25) is 0 Å². The molecule has 0 amide bonds. The lowest BCUT2D eigenvalue weighted by atomic mass is 10.0. The van der Waals surface area contributed by atoms with Gasteiger partial charge in [-0.3, -0.25) is 0 Å². The van der Waals surface area contributed by atoms with Crippen molar-refractivity contribution in [2.24, 2.45) is 0 Å². The van der Waals surface area contributed by atoms with E-state index in [9.17, 15) is 0 Å². The quantitative estimate of drug-likeness (QED) is 0.890. The van der Waals surface area contributed by atoms with Gasteiger partial charge in [0, 0.05) is 6.04 Å². The van der Waals surface area contributed by atoms with E-state index in [-0.39, 0.29) is 0 Å². The molecule has 1 aromatic carbocycles. The molecule has 0 aliphatic carbocycles. The molecule has 1 unspecified atom stereocenters. The first-order valence-corrected chi connectivity index (χ1v) is 6.78. The first-order valence-electron chi connectivity index (χ1n) is 6.78. The summed E-state index contributed by atoms with van der Waals surface area (Å²) in [6, 6.07) is 6.59. The molecule has 0 bridgehead atoms. The van der Waals surface area contributed by atoms with Crippen molar-refractivity contribution in [1.82, 2.24) is 5.32 Å². The van der Waals surface area contributed by atoms with Crippen molar-refractivity contribution < 1.29 is 9.47 Å². The zero-order chi connectivity index (χ0) is 12.8. The highest BCUT2D eigenvalue weighted by Gasteiger charge is 2.15. The van der Waals surface area contributed by atoms with Gasteiger partial charge in [-0.1, -0.05) is 12.8 Å². The maximum Gasteiger partial charge on any atom is 0.122 e. The predicted octanol–water partition coefficient (Wildman–Crippen LogP) is 2.78. The highest BCUT2D eigenvalue weighted by atomic mass is 16.5. The summed E-state index contributed by atoms with van der Waals surface area (Å²) in [6.07, 6.45) is 6.23. The number of benzene rings is 1. The Bertz CT molecular complexity index is 371. The number of methoxy groups -OCH3 is 2. The molecule has 1 N–H and O–H groups in total. The maximum absolute atomic E-state index is 5.43. The van der Waals surface area contributed by atoms with Crippen LogP contribution in [0.15, 0.2) is 18.2 Å². The molecule has 0 saturated carbocycles. The molecule has 100 valence electrons. The highest BCUT2D eigenvalue weighted by Crippen LogP contribution is 2.26. The van der Waals surface area contributed by atoms with E-state index in [2.05, 4.69) is 11.4 Å². The SMILES string of the molecule is COc1ccc(OC)c(CC2CCCCCN2)c1. The van der Waals surface area contributed by atoms with Gasteiger partial charge >= 0.3 is 0 Å². The third-order valence-electron chi connectivity index (χ3n) is 3.62. The lowest BCUT2D eigenvalue weighted by Gasteiger charge is -2.18. The molecule has 0 radical (unpaired) electrons. The Hall–Kier alpha value is -1.22. The minimum atomic E-state index is 0.563. The molecule has 0 aromatic heterocycles. The van der Waals surface area contributed by atoms with Crippen molar-refractivity contribution in [2.45, 2.75) is 38.1 Å². The highest BCUT2D eigenvalue weighted by molar-refractivity contribution is 5.40. The smallest absolute Gasteiger partial charge is 0.122 e. The largest absolute Gasteiger partial charge is 0.497 e. The van der Waals surface area contributed by atoms with Crippen LogP contribution in [-0.2, 0) is 6.42 Å². The normalized spacial score (nSPS) is 20.2. The van der Waals surface area contributed by atoms with Gasteiger partial charge in [0.2, 0.25) is 0 Å². The topological polar surface area (TPSA) is 30.5 Å². The molecule has 18 heavy (non-hydrogen) atoms. The second-order valence-corrected chi connectivity index (χ2v) is 4.88. The van der Waals surface area contributed by atoms with E-state index >= 15 is 0 Å². The van der Waals surface area contributed by atoms with E-state index in [1.165, 1.54) is 31.2 Å². The first-order chi connectivity index (χ1) is 8.83. The number of ether oxygens (including phenoxy) is 2. The van der Waals surface area contributed by atoms with Gasteiger partial charge < -0.3 is 14.8 Å². The fourth-order valence-electron chi connectivity index (χ4n) is 2.58. The maximum atomic E-state index is 5.43. The third-order valence-corrected chi connectivity index (χ3v) is 3.62. The Balaban J connectivity index is 2.10. The lowest BCUT2D eigenvalue weighted by molar-refractivity contribution is 0.394. The van der Waals surface area contributed by atoms with Gasteiger partial charge in [0.05, 0.1) is 14.2 Å². The fraction of sp³-hybridized carbons (Fsp3) is 0.600. The van der Waals surface area contributed by atoms with Gasteiger partial charge in [-0.25, -0.2) is 0 Å². The summed E-state index contributed by atoms with van der Waals surface area (Å²) in [6.45, 7) is 1.14. The number of hydrogen-bond donors (Lipinski definition) is 1. The average Bonchev–Trinajstić information content (AvgIpc) is 2.67. The van der Waals surface area contributed by atoms with Crippen LogP contribution in [-0.4, -0.2) is 26.8 Å². The summed E-state index contributed by atoms with van der Waals surface area (Å²) in [5.41, 5.74) is 1.23. The van der Waals surface area contributed by atoms with E-state index < -0.39 is 0 Å². The van der Waals surface area contributed by atoms with Crippen LogP contribution < -0.4 is 14.8 Å². The van der Waals surface area contributed by atoms with Crippen molar-refractivity contribution in [2.75, 3.05) is 20.8 Å². The number of rotatable bonds is 4. The van der Waals surface area contributed by atoms with E-state index in [0.29, 0.717) is 6.04 Å². The van der Waals surface area contributed by atoms with Crippen molar-refractivity contribution in [3.05, 3.63) is 23.8 Å². The summed E-state index contributed by atoms with van der Waals surface area (Å²) < 4.78 is 10.7. The van der Waals surface area contributed by atoms with Crippen LogP contribution in [0.25, 0.3) is 0 Å². The van der Waals surface area contributed by atoms with E-state index in [1.54, 1.807) is 14.2 Å². The Kier molecular flexibility index (Phi) is 4.88. The summed E-state index contributed by atoms with van der Waals surface area (Å²) in [7, 11) is 3.43. The van der Waals surface area contributed by atoms with Crippen molar-refractivity contribution in [3.8, 4) is 11.5 Å². The summed E-state index contributed by atoms with van der Waals surface area (Å²) in [4.78, 5) is 0. The van der Waals surface area contributed by atoms with Gasteiger partial charge in [-0.15, -0.1) is 0 Å².